The zero-order chi connectivity index (χ0) is 23.0. The van der Waals surface area contributed by atoms with Crippen LogP contribution >= 0.6 is 11.8 Å². The average molecular weight is 469 g/mol. The first-order valence-corrected chi connectivity index (χ1v) is 12.0. The Morgan fingerprint density at radius 2 is 2.06 bits per heavy atom. The molecule has 1 aliphatic rings. The molecule has 1 atom stereocenters. The van der Waals surface area contributed by atoms with Crippen LogP contribution in [0.1, 0.15) is 19.8 Å². The number of nitrogens with one attached hydrogen (secondary N) is 1. The van der Waals surface area contributed by atoms with E-state index in [4.69, 9.17) is 14.2 Å². The Balaban J connectivity index is 1.56. The number of ether oxygens (including phenoxy) is 3. The van der Waals surface area contributed by atoms with Crippen molar-refractivity contribution in [3.63, 3.8) is 0 Å². The minimum absolute atomic E-state index is 0.0559. The van der Waals surface area contributed by atoms with E-state index in [1.54, 1.807) is 7.11 Å². The number of benzene rings is 2. The number of carbonyl (C=O) groups is 1. The number of thioether (sulfide) groups is 1. The summed E-state index contributed by atoms with van der Waals surface area (Å²) in [6.45, 7) is 3.87. The fourth-order valence-electron chi connectivity index (χ4n) is 3.62. The van der Waals surface area contributed by atoms with Crippen LogP contribution in [-0.2, 0) is 9.53 Å². The van der Waals surface area contributed by atoms with E-state index in [1.807, 2.05) is 60.0 Å². The number of amides is 1. The molecule has 174 valence electrons. The molecule has 4 rings (SSSR count). The fourth-order valence-corrected chi connectivity index (χ4v) is 4.40. The van der Waals surface area contributed by atoms with E-state index in [0.29, 0.717) is 24.1 Å². The maximum Gasteiger partial charge on any atom is 0.230 e. The molecule has 1 unspecified atom stereocenters. The molecule has 1 aliphatic heterocycles. The third-order valence-electron chi connectivity index (χ3n) is 5.25. The predicted molar refractivity (Wildman–Crippen MR) is 127 cm³/mol. The van der Waals surface area contributed by atoms with E-state index in [-0.39, 0.29) is 17.8 Å². The van der Waals surface area contributed by atoms with Crippen molar-refractivity contribution < 1.29 is 19.0 Å². The molecule has 1 fully saturated rings. The highest BCUT2D eigenvalue weighted by atomic mass is 32.2. The van der Waals surface area contributed by atoms with Gasteiger partial charge in [-0.3, -0.25) is 9.36 Å². The molecular formula is C24H28N4O4S. The van der Waals surface area contributed by atoms with Crippen molar-refractivity contribution in [2.45, 2.75) is 31.0 Å². The minimum Gasteiger partial charge on any atom is -0.497 e. The Hall–Kier alpha value is -3.04. The average Bonchev–Trinajstić information content (AvgIpc) is 3.52. The molecule has 1 saturated heterocycles. The lowest BCUT2D eigenvalue weighted by Crippen LogP contribution is -2.32. The van der Waals surface area contributed by atoms with Crippen molar-refractivity contribution in [2.24, 2.45) is 0 Å². The number of carbonyl (C=O) groups excluding carboxylic acids is 1. The molecule has 1 N–H and O–H groups in total. The predicted octanol–water partition coefficient (Wildman–Crippen LogP) is 3.73. The number of nitrogens with zero attached hydrogens (tertiary/aromatic N) is 3. The molecule has 0 saturated carbocycles. The van der Waals surface area contributed by atoms with Crippen LogP contribution in [0, 0.1) is 0 Å². The Labute approximate surface area is 197 Å². The van der Waals surface area contributed by atoms with Crippen LogP contribution in [0.25, 0.3) is 17.1 Å². The smallest absolute Gasteiger partial charge is 0.230 e. The Morgan fingerprint density at radius 3 is 2.79 bits per heavy atom. The zero-order valence-electron chi connectivity index (χ0n) is 18.8. The van der Waals surface area contributed by atoms with Gasteiger partial charge in [0, 0.05) is 24.4 Å². The monoisotopic (exact) mass is 468 g/mol. The first kappa shape index (κ1) is 23.1. The molecule has 0 aliphatic carbocycles. The van der Waals surface area contributed by atoms with Gasteiger partial charge in [0.25, 0.3) is 0 Å². The highest BCUT2D eigenvalue weighted by molar-refractivity contribution is 7.99. The first-order valence-electron chi connectivity index (χ1n) is 11.0. The van der Waals surface area contributed by atoms with Gasteiger partial charge in [-0.05, 0) is 56.2 Å². The van der Waals surface area contributed by atoms with Crippen LogP contribution in [0.5, 0.6) is 11.5 Å². The van der Waals surface area contributed by atoms with Gasteiger partial charge in [-0.25, -0.2) is 0 Å². The summed E-state index contributed by atoms with van der Waals surface area (Å²) >= 11 is 1.35. The molecule has 2 heterocycles. The van der Waals surface area contributed by atoms with Crippen molar-refractivity contribution in [2.75, 3.05) is 32.6 Å². The van der Waals surface area contributed by atoms with E-state index >= 15 is 0 Å². The summed E-state index contributed by atoms with van der Waals surface area (Å²) in [5.74, 6) is 2.37. The summed E-state index contributed by atoms with van der Waals surface area (Å²) in [5.41, 5.74) is 1.74. The van der Waals surface area contributed by atoms with Crippen LogP contribution in [0.3, 0.4) is 0 Å². The van der Waals surface area contributed by atoms with Crippen LogP contribution in [0.15, 0.2) is 53.7 Å². The molecule has 1 aromatic heterocycles. The zero-order valence-corrected chi connectivity index (χ0v) is 19.6. The number of rotatable bonds is 10. The van der Waals surface area contributed by atoms with Gasteiger partial charge in [0.2, 0.25) is 5.91 Å². The quantitative estimate of drug-likeness (QED) is 0.454. The van der Waals surface area contributed by atoms with Crippen molar-refractivity contribution >= 4 is 17.7 Å². The second kappa shape index (κ2) is 11.2. The second-order valence-corrected chi connectivity index (χ2v) is 8.47. The number of hydrogen-bond donors (Lipinski definition) is 1. The Morgan fingerprint density at radius 1 is 1.21 bits per heavy atom. The topological polar surface area (TPSA) is 87.5 Å². The third-order valence-corrected chi connectivity index (χ3v) is 6.18. The SMILES string of the molecule is CCOc1ccc(-n2c(SCC(=O)NCC3CCCO3)nnc2-c2cccc(OC)c2)cc1. The lowest BCUT2D eigenvalue weighted by Gasteiger charge is -2.13. The molecule has 33 heavy (non-hydrogen) atoms. The van der Waals surface area contributed by atoms with Crippen molar-refractivity contribution in [1.82, 2.24) is 20.1 Å². The molecule has 0 spiro atoms. The fraction of sp³-hybridized carbons (Fsp3) is 0.375. The van der Waals surface area contributed by atoms with Gasteiger partial charge in [0.15, 0.2) is 11.0 Å². The summed E-state index contributed by atoms with van der Waals surface area (Å²) in [5, 5.41) is 12.4. The largest absolute Gasteiger partial charge is 0.497 e. The summed E-state index contributed by atoms with van der Waals surface area (Å²) < 4.78 is 18.5. The van der Waals surface area contributed by atoms with Gasteiger partial charge in [-0.15, -0.1) is 10.2 Å². The van der Waals surface area contributed by atoms with E-state index in [0.717, 1.165) is 42.2 Å². The van der Waals surface area contributed by atoms with Crippen molar-refractivity contribution in [1.29, 1.82) is 0 Å². The van der Waals surface area contributed by atoms with E-state index in [9.17, 15) is 4.79 Å². The molecule has 0 radical (unpaired) electrons. The van der Waals surface area contributed by atoms with Crippen LogP contribution in [-0.4, -0.2) is 59.4 Å². The summed E-state index contributed by atoms with van der Waals surface area (Å²) in [4.78, 5) is 12.4. The van der Waals surface area contributed by atoms with E-state index in [2.05, 4.69) is 15.5 Å². The van der Waals surface area contributed by atoms with Gasteiger partial charge in [0.1, 0.15) is 11.5 Å². The molecule has 9 heteroatoms. The van der Waals surface area contributed by atoms with Crippen molar-refractivity contribution in [3.8, 4) is 28.6 Å². The number of hydrogen-bond acceptors (Lipinski definition) is 7. The molecule has 3 aromatic rings. The van der Waals surface area contributed by atoms with Crippen molar-refractivity contribution in [3.05, 3.63) is 48.5 Å². The number of aromatic nitrogens is 3. The summed E-state index contributed by atoms with van der Waals surface area (Å²) in [7, 11) is 1.63. The lowest BCUT2D eigenvalue weighted by atomic mass is 10.2. The van der Waals surface area contributed by atoms with E-state index < -0.39 is 0 Å². The normalized spacial score (nSPS) is 15.4. The lowest BCUT2D eigenvalue weighted by molar-refractivity contribution is -0.119. The molecular weight excluding hydrogens is 440 g/mol. The minimum atomic E-state index is -0.0559. The maximum absolute atomic E-state index is 12.4. The molecule has 2 aromatic carbocycles. The van der Waals surface area contributed by atoms with Gasteiger partial charge in [-0.1, -0.05) is 23.9 Å². The first-order chi connectivity index (χ1) is 16.2. The molecule has 8 nitrogen and oxygen atoms in total. The van der Waals surface area contributed by atoms with Gasteiger partial charge in [0.05, 0.1) is 25.6 Å². The van der Waals surface area contributed by atoms with Crippen LogP contribution < -0.4 is 14.8 Å². The summed E-state index contributed by atoms with van der Waals surface area (Å²) in [6.07, 6.45) is 2.16. The highest BCUT2D eigenvalue weighted by Crippen LogP contribution is 2.30. The van der Waals surface area contributed by atoms with Gasteiger partial charge >= 0.3 is 0 Å². The maximum atomic E-state index is 12.4. The van der Waals surface area contributed by atoms with Gasteiger partial charge in [-0.2, -0.15) is 0 Å². The Bertz CT molecular complexity index is 1060. The van der Waals surface area contributed by atoms with E-state index in [1.165, 1.54) is 11.8 Å². The molecule has 0 bridgehead atoms. The van der Waals surface area contributed by atoms with Gasteiger partial charge < -0.3 is 19.5 Å². The Kier molecular flexibility index (Phi) is 7.85. The summed E-state index contributed by atoms with van der Waals surface area (Å²) in [6, 6.07) is 15.4. The number of methoxy groups -OCH3 is 1. The van der Waals surface area contributed by atoms with Crippen LogP contribution in [0.2, 0.25) is 0 Å². The third kappa shape index (κ3) is 5.85. The molecule has 1 amide bonds. The highest BCUT2D eigenvalue weighted by Gasteiger charge is 2.19. The van der Waals surface area contributed by atoms with Crippen LogP contribution in [0.4, 0.5) is 0 Å². The standard InChI is InChI=1S/C24H28N4O4S/c1-3-31-19-11-9-18(10-12-19)28-23(17-6-4-7-20(14-17)30-2)26-27-24(28)33-16-22(29)25-15-21-8-5-13-32-21/h4,6-7,9-12,14,21H,3,5,8,13,15-16H2,1-2H3,(H,25,29). The second-order valence-electron chi connectivity index (χ2n) is 7.53.